The number of amides is 1. The first kappa shape index (κ1) is 20.5. The van der Waals surface area contributed by atoms with Gasteiger partial charge in [-0.3, -0.25) is 15.0 Å². The van der Waals surface area contributed by atoms with Gasteiger partial charge in [0.25, 0.3) is 0 Å². The average Bonchev–Trinajstić information content (AvgIpc) is 2.87. The van der Waals surface area contributed by atoms with Gasteiger partial charge in [0.1, 0.15) is 0 Å². The second-order valence-electron chi connectivity index (χ2n) is 6.21. The maximum Gasteiger partial charge on any atom is 0.416 e. The lowest BCUT2D eigenvalue weighted by molar-refractivity contribution is -0.146. The Hall–Kier alpha value is -2.78. The van der Waals surface area contributed by atoms with Gasteiger partial charge in [0.2, 0.25) is 11.6 Å². The summed E-state index contributed by atoms with van der Waals surface area (Å²) in [7, 11) is 0. The fraction of sp³-hybridized carbons (Fsp3) is 0.471. The quantitative estimate of drug-likeness (QED) is 0.760. The Morgan fingerprint density at radius 1 is 1.30 bits per heavy atom. The van der Waals surface area contributed by atoms with E-state index in [9.17, 15) is 22.8 Å². The molecule has 1 heterocycles. The number of nitrogens with zero attached hydrogens (tertiary/aromatic N) is 2. The standard InChI is InChI=1S/C17H20F3N3O4/c1-4-26-14(25)9-8-13(24)21-23-15(22-27-16(23,2)3)11-6-5-7-12(10-11)17(18,19)20/h5-7,10H,4,8-9H2,1-3H3,(H,21,24). The van der Waals surface area contributed by atoms with Crippen molar-refractivity contribution in [3.8, 4) is 0 Å². The van der Waals surface area contributed by atoms with E-state index >= 15 is 0 Å². The minimum absolute atomic E-state index is 0.0237. The molecule has 10 heteroatoms. The van der Waals surface area contributed by atoms with Crippen LogP contribution in [0.25, 0.3) is 0 Å². The van der Waals surface area contributed by atoms with Gasteiger partial charge < -0.3 is 9.57 Å². The number of esters is 1. The highest BCUT2D eigenvalue weighted by molar-refractivity contribution is 6.00. The first-order chi connectivity index (χ1) is 12.5. The highest BCUT2D eigenvalue weighted by Gasteiger charge is 2.40. The summed E-state index contributed by atoms with van der Waals surface area (Å²) in [5.41, 5.74) is 0.681. The summed E-state index contributed by atoms with van der Waals surface area (Å²) in [4.78, 5) is 28.7. The molecule has 1 amide bonds. The molecule has 27 heavy (non-hydrogen) atoms. The van der Waals surface area contributed by atoms with Crippen molar-refractivity contribution in [1.29, 1.82) is 0 Å². The van der Waals surface area contributed by atoms with E-state index in [0.29, 0.717) is 0 Å². The number of hydrazine groups is 1. The molecule has 0 aliphatic carbocycles. The van der Waals surface area contributed by atoms with Crippen LogP contribution in [0.3, 0.4) is 0 Å². The lowest BCUT2D eigenvalue weighted by atomic mass is 10.1. The van der Waals surface area contributed by atoms with Crippen molar-refractivity contribution in [3.63, 3.8) is 0 Å². The average molecular weight is 387 g/mol. The number of carbonyl (C=O) groups excluding carboxylic acids is 2. The Labute approximate surface area is 154 Å². The molecule has 0 fully saturated rings. The van der Waals surface area contributed by atoms with Crippen LogP contribution in [0.4, 0.5) is 13.2 Å². The van der Waals surface area contributed by atoms with Crippen LogP contribution in [0.1, 0.15) is 44.7 Å². The number of rotatable bonds is 6. The van der Waals surface area contributed by atoms with E-state index in [-0.39, 0.29) is 30.8 Å². The second kappa shape index (κ2) is 7.85. The molecule has 1 aliphatic rings. The van der Waals surface area contributed by atoms with E-state index in [4.69, 9.17) is 9.57 Å². The molecule has 1 aromatic carbocycles. The monoisotopic (exact) mass is 387 g/mol. The largest absolute Gasteiger partial charge is 0.466 e. The van der Waals surface area contributed by atoms with Crippen molar-refractivity contribution in [2.24, 2.45) is 5.16 Å². The number of halogens is 3. The molecule has 2 rings (SSSR count). The first-order valence-electron chi connectivity index (χ1n) is 8.23. The van der Waals surface area contributed by atoms with Crippen molar-refractivity contribution >= 4 is 17.7 Å². The van der Waals surface area contributed by atoms with Gasteiger partial charge >= 0.3 is 12.1 Å². The van der Waals surface area contributed by atoms with Crippen LogP contribution in [0.5, 0.6) is 0 Å². The molecule has 1 aromatic rings. The number of benzene rings is 1. The predicted octanol–water partition coefficient (Wildman–Crippen LogP) is 2.81. The zero-order valence-electron chi connectivity index (χ0n) is 15.1. The molecule has 0 saturated carbocycles. The molecule has 0 bridgehead atoms. The zero-order valence-corrected chi connectivity index (χ0v) is 15.1. The maximum atomic E-state index is 13.0. The third-order valence-corrected chi connectivity index (χ3v) is 3.65. The molecule has 0 atom stereocenters. The van der Waals surface area contributed by atoms with Crippen molar-refractivity contribution in [1.82, 2.24) is 10.4 Å². The Morgan fingerprint density at radius 3 is 2.63 bits per heavy atom. The minimum Gasteiger partial charge on any atom is -0.466 e. The van der Waals surface area contributed by atoms with E-state index in [0.717, 1.165) is 12.1 Å². The second-order valence-corrected chi connectivity index (χ2v) is 6.21. The first-order valence-corrected chi connectivity index (χ1v) is 8.23. The van der Waals surface area contributed by atoms with Gasteiger partial charge in [-0.05, 0) is 32.9 Å². The number of oxime groups is 1. The highest BCUT2D eigenvalue weighted by Crippen LogP contribution is 2.31. The van der Waals surface area contributed by atoms with E-state index in [1.807, 2.05) is 0 Å². The zero-order chi connectivity index (χ0) is 20.2. The van der Waals surface area contributed by atoms with Gasteiger partial charge in [-0.2, -0.15) is 13.2 Å². The van der Waals surface area contributed by atoms with Crippen LogP contribution >= 0.6 is 0 Å². The Balaban J connectivity index is 2.15. The molecule has 0 spiro atoms. The van der Waals surface area contributed by atoms with E-state index in [2.05, 4.69) is 10.6 Å². The molecule has 0 radical (unpaired) electrons. The van der Waals surface area contributed by atoms with Crippen molar-refractivity contribution < 1.29 is 32.3 Å². The highest BCUT2D eigenvalue weighted by atomic mass is 19.4. The van der Waals surface area contributed by atoms with Gasteiger partial charge in [0.05, 0.1) is 18.6 Å². The number of ether oxygens (including phenoxy) is 1. The lowest BCUT2D eigenvalue weighted by Crippen LogP contribution is -2.54. The molecule has 0 unspecified atom stereocenters. The Morgan fingerprint density at radius 2 is 2.00 bits per heavy atom. The van der Waals surface area contributed by atoms with Crippen molar-refractivity contribution in [2.45, 2.75) is 45.5 Å². The lowest BCUT2D eigenvalue weighted by Gasteiger charge is -2.31. The van der Waals surface area contributed by atoms with Crippen LogP contribution in [0, 0.1) is 0 Å². The summed E-state index contributed by atoms with van der Waals surface area (Å²) < 4.78 is 43.6. The van der Waals surface area contributed by atoms with Gasteiger partial charge in [-0.15, -0.1) is 0 Å². The molecule has 148 valence electrons. The smallest absolute Gasteiger partial charge is 0.416 e. The summed E-state index contributed by atoms with van der Waals surface area (Å²) in [6.07, 6.45) is -4.79. The molecular formula is C17H20F3N3O4. The number of hydrogen-bond acceptors (Lipinski definition) is 6. The third-order valence-electron chi connectivity index (χ3n) is 3.65. The number of nitrogens with one attached hydrogen (secondary N) is 1. The molecule has 0 aromatic heterocycles. The summed E-state index contributed by atoms with van der Waals surface area (Å²) in [6, 6.07) is 4.53. The van der Waals surface area contributed by atoms with Crippen molar-refractivity contribution in [3.05, 3.63) is 35.4 Å². The van der Waals surface area contributed by atoms with E-state index < -0.39 is 29.3 Å². The molecule has 0 saturated heterocycles. The van der Waals surface area contributed by atoms with Gasteiger partial charge in [-0.1, -0.05) is 17.3 Å². The minimum atomic E-state index is -4.51. The van der Waals surface area contributed by atoms with E-state index in [1.54, 1.807) is 20.8 Å². The summed E-state index contributed by atoms with van der Waals surface area (Å²) in [5.74, 6) is -1.02. The van der Waals surface area contributed by atoms with Crippen LogP contribution in [0.2, 0.25) is 0 Å². The molecular weight excluding hydrogens is 367 g/mol. The Kier molecular flexibility index (Phi) is 5.97. The van der Waals surface area contributed by atoms with Crippen LogP contribution < -0.4 is 5.43 Å². The fourth-order valence-electron chi connectivity index (χ4n) is 2.32. The van der Waals surface area contributed by atoms with Gasteiger partial charge in [0, 0.05) is 12.0 Å². The summed E-state index contributed by atoms with van der Waals surface area (Å²) in [5, 5.41) is 5.04. The Bertz CT molecular complexity index is 747. The fourth-order valence-corrected chi connectivity index (χ4v) is 2.32. The van der Waals surface area contributed by atoms with Gasteiger partial charge in [-0.25, -0.2) is 5.01 Å². The number of alkyl halides is 3. The number of carbonyl (C=O) groups is 2. The molecule has 1 aliphatic heterocycles. The normalized spacial score (nSPS) is 15.8. The predicted molar refractivity (Wildman–Crippen MR) is 89.0 cm³/mol. The van der Waals surface area contributed by atoms with Crippen LogP contribution in [0.15, 0.2) is 29.4 Å². The third kappa shape index (κ3) is 5.11. The molecule has 1 N–H and O–H groups in total. The summed E-state index contributed by atoms with van der Waals surface area (Å²) >= 11 is 0. The summed E-state index contributed by atoms with van der Waals surface area (Å²) in [6.45, 7) is 5.03. The SMILES string of the molecule is CCOC(=O)CCC(=O)NN1C(c2cccc(C(F)(F)F)c2)=NOC1(C)C. The number of amidine groups is 1. The maximum absolute atomic E-state index is 13.0. The topological polar surface area (TPSA) is 80.2 Å². The van der Waals surface area contributed by atoms with Gasteiger partial charge in [0.15, 0.2) is 5.84 Å². The molecule has 7 nitrogen and oxygen atoms in total. The van der Waals surface area contributed by atoms with Crippen LogP contribution in [-0.4, -0.2) is 35.1 Å². The van der Waals surface area contributed by atoms with E-state index in [1.165, 1.54) is 17.1 Å². The van der Waals surface area contributed by atoms with Crippen molar-refractivity contribution in [2.75, 3.05) is 6.61 Å². The number of hydrogen-bond donors (Lipinski definition) is 1. The van der Waals surface area contributed by atoms with Crippen LogP contribution in [-0.2, 0) is 25.3 Å².